The second kappa shape index (κ2) is 6.93. The van der Waals surface area contributed by atoms with Gasteiger partial charge in [-0.2, -0.15) is 5.10 Å². The maximum Gasteiger partial charge on any atom is 0.226 e. The number of hydrogen-bond acceptors (Lipinski definition) is 2. The summed E-state index contributed by atoms with van der Waals surface area (Å²) >= 11 is 0. The largest absolute Gasteiger partial charge is 0.309 e. The molecule has 0 aliphatic carbocycles. The lowest BCUT2D eigenvalue weighted by Gasteiger charge is -2.21. The van der Waals surface area contributed by atoms with E-state index in [4.69, 9.17) is 0 Å². The molecule has 2 aromatic carbocycles. The summed E-state index contributed by atoms with van der Waals surface area (Å²) in [6, 6.07) is 20.7. The number of anilines is 1. The molecule has 0 saturated carbocycles. The quantitative estimate of drug-likeness (QED) is 0.768. The van der Waals surface area contributed by atoms with Gasteiger partial charge in [0.2, 0.25) is 5.91 Å². The zero-order chi connectivity index (χ0) is 17.1. The third kappa shape index (κ3) is 3.63. The average molecular weight is 331 g/mol. The Labute approximate surface area is 147 Å². The van der Waals surface area contributed by atoms with Crippen molar-refractivity contribution in [3.63, 3.8) is 0 Å². The fourth-order valence-corrected chi connectivity index (χ4v) is 3.44. The molecule has 0 bridgehead atoms. The Bertz CT molecular complexity index is 855. The molecule has 4 heteroatoms. The van der Waals surface area contributed by atoms with E-state index in [9.17, 15) is 4.79 Å². The van der Waals surface area contributed by atoms with Crippen LogP contribution in [0, 0.1) is 0 Å². The van der Waals surface area contributed by atoms with Crippen LogP contribution in [0.15, 0.2) is 66.9 Å². The van der Waals surface area contributed by atoms with E-state index in [1.807, 2.05) is 28.9 Å². The van der Waals surface area contributed by atoms with Gasteiger partial charge in [-0.05, 0) is 29.9 Å². The van der Waals surface area contributed by atoms with Gasteiger partial charge < -0.3 is 5.32 Å². The molecule has 2 heterocycles. The van der Waals surface area contributed by atoms with Crippen molar-refractivity contribution in [2.24, 2.45) is 0 Å². The Kier molecular flexibility index (Phi) is 4.34. The first-order chi connectivity index (χ1) is 12.3. The third-order valence-electron chi connectivity index (χ3n) is 4.73. The minimum atomic E-state index is 0.0653. The number of benzene rings is 2. The van der Waals surface area contributed by atoms with E-state index in [0.29, 0.717) is 6.42 Å². The number of nitrogens with zero attached hydrogens (tertiary/aromatic N) is 2. The van der Waals surface area contributed by atoms with Gasteiger partial charge in [-0.15, -0.1) is 0 Å². The number of amides is 1. The van der Waals surface area contributed by atoms with E-state index >= 15 is 0 Å². The van der Waals surface area contributed by atoms with E-state index in [-0.39, 0.29) is 11.8 Å². The summed E-state index contributed by atoms with van der Waals surface area (Å²) < 4.78 is 1.93. The Hall–Kier alpha value is -2.88. The molecule has 126 valence electrons. The maximum atomic E-state index is 12.1. The standard InChI is InChI=1S/C21H21N3O/c25-20-13-18(12-11-16-7-3-1-4-8-16)19-15-24(23-21(19)22-20)14-17-9-5-2-6-10-17/h1-10,15,18H,11-14H2,(H,22,23,25)/t18-/m1/s1. The van der Waals surface area contributed by atoms with Crippen LogP contribution in [0.1, 0.15) is 35.4 Å². The zero-order valence-electron chi connectivity index (χ0n) is 14.1. The van der Waals surface area contributed by atoms with E-state index in [2.05, 4.69) is 53.0 Å². The topological polar surface area (TPSA) is 46.9 Å². The van der Waals surface area contributed by atoms with Crippen molar-refractivity contribution in [2.75, 3.05) is 5.32 Å². The minimum absolute atomic E-state index is 0.0653. The average Bonchev–Trinajstić information content (AvgIpc) is 3.03. The molecule has 4 rings (SSSR count). The summed E-state index contributed by atoms with van der Waals surface area (Å²) in [7, 11) is 0. The van der Waals surface area contributed by atoms with Crippen molar-refractivity contribution in [1.82, 2.24) is 9.78 Å². The number of aromatic nitrogens is 2. The number of carbonyl (C=O) groups is 1. The lowest BCUT2D eigenvalue weighted by molar-refractivity contribution is -0.116. The summed E-state index contributed by atoms with van der Waals surface area (Å²) in [5, 5.41) is 7.51. The van der Waals surface area contributed by atoms with Gasteiger partial charge in [0.05, 0.1) is 6.54 Å². The summed E-state index contributed by atoms with van der Waals surface area (Å²) in [6.45, 7) is 0.717. The zero-order valence-corrected chi connectivity index (χ0v) is 14.1. The molecule has 1 aliphatic rings. The molecule has 1 amide bonds. The monoisotopic (exact) mass is 331 g/mol. The van der Waals surface area contributed by atoms with Crippen molar-refractivity contribution in [3.8, 4) is 0 Å². The van der Waals surface area contributed by atoms with Crippen LogP contribution in [0.25, 0.3) is 0 Å². The van der Waals surface area contributed by atoms with Gasteiger partial charge in [0.25, 0.3) is 0 Å². The van der Waals surface area contributed by atoms with Crippen molar-refractivity contribution >= 4 is 11.7 Å². The Morgan fingerprint density at radius 2 is 1.68 bits per heavy atom. The number of aryl methyl sites for hydroxylation is 1. The molecule has 25 heavy (non-hydrogen) atoms. The second-order valence-corrected chi connectivity index (χ2v) is 6.59. The third-order valence-corrected chi connectivity index (χ3v) is 4.73. The normalized spacial score (nSPS) is 16.3. The van der Waals surface area contributed by atoms with Crippen LogP contribution < -0.4 is 5.32 Å². The molecule has 1 aliphatic heterocycles. The van der Waals surface area contributed by atoms with Gasteiger partial charge in [-0.25, -0.2) is 0 Å². The van der Waals surface area contributed by atoms with E-state index in [0.717, 1.165) is 30.8 Å². The molecule has 0 fully saturated rings. The molecule has 0 saturated heterocycles. The summed E-state index contributed by atoms with van der Waals surface area (Å²) in [5.41, 5.74) is 3.67. The van der Waals surface area contributed by atoms with Crippen LogP contribution in [0.2, 0.25) is 0 Å². The van der Waals surface area contributed by atoms with Crippen LogP contribution in [0.4, 0.5) is 5.82 Å². The van der Waals surface area contributed by atoms with Crippen molar-refractivity contribution in [2.45, 2.75) is 31.7 Å². The molecule has 0 spiro atoms. The molecular weight excluding hydrogens is 310 g/mol. The first-order valence-corrected chi connectivity index (χ1v) is 8.73. The van der Waals surface area contributed by atoms with Crippen LogP contribution in [-0.4, -0.2) is 15.7 Å². The van der Waals surface area contributed by atoms with Crippen molar-refractivity contribution in [3.05, 3.63) is 83.6 Å². The summed E-state index contributed by atoms with van der Waals surface area (Å²) in [5.74, 6) is 1.02. The fourth-order valence-electron chi connectivity index (χ4n) is 3.44. The van der Waals surface area contributed by atoms with Crippen molar-refractivity contribution < 1.29 is 4.79 Å². The van der Waals surface area contributed by atoms with Crippen molar-refractivity contribution in [1.29, 1.82) is 0 Å². The van der Waals surface area contributed by atoms with Gasteiger partial charge in [-0.1, -0.05) is 60.7 Å². The van der Waals surface area contributed by atoms with Crippen LogP contribution in [0.3, 0.4) is 0 Å². The Balaban J connectivity index is 1.52. The lowest BCUT2D eigenvalue weighted by Crippen LogP contribution is -2.22. The molecular formula is C21H21N3O. The highest BCUT2D eigenvalue weighted by atomic mass is 16.1. The fraction of sp³-hybridized carbons (Fsp3) is 0.238. The highest BCUT2D eigenvalue weighted by Gasteiger charge is 2.27. The molecule has 4 nitrogen and oxygen atoms in total. The van der Waals surface area contributed by atoms with E-state index in [1.165, 1.54) is 11.1 Å². The molecule has 3 aromatic rings. The predicted octanol–water partition coefficient (Wildman–Crippen LogP) is 3.99. The Morgan fingerprint density at radius 3 is 2.40 bits per heavy atom. The second-order valence-electron chi connectivity index (χ2n) is 6.59. The molecule has 1 aromatic heterocycles. The molecule has 1 N–H and O–H groups in total. The highest BCUT2D eigenvalue weighted by Crippen LogP contribution is 2.34. The van der Waals surface area contributed by atoms with Crippen LogP contribution >= 0.6 is 0 Å². The minimum Gasteiger partial charge on any atom is -0.309 e. The Morgan fingerprint density at radius 1 is 1.00 bits per heavy atom. The maximum absolute atomic E-state index is 12.1. The first-order valence-electron chi connectivity index (χ1n) is 8.73. The smallest absolute Gasteiger partial charge is 0.226 e. The number of carbonyl (C=O) groups excluding carboxylic acids is 1. The lowest BCUT2D eigenvalue weighted by atomic mass is 9.88. The summed E-state index contributed by atoms with van der Waals surface area (Å²) in [6.07, 6.45) is 4.57. The molecule has 0 unspecified atom stereocenters. The van der Waals surface area contributed by atoms with Gasteiger partial charge in [-0.3, -0.25) is 9.48 Å². The van der Waals surface area contributed by atoms with Crippen LogP contribution in [-0.2, 0) is 17.8 Å². The SMILES string of the molecule is O=C1C[C@@H](CCc2ccccc2)c2cn(Cc3ccccc3)nc2N1. The predicted molar refractivity (Wildman–Crippen MR) is 98.5 cm³/mol. The molecule has 1 atom stereocenters. The van der Waals surface area contributed by atoms with Gasteiger partial charge in [0.1, 0.15) is 0 Å². The number of fused-ring (bicyclic) bond motifs is 1. The van der Waals surface area contributed by atoms with Gasteiger partial charge in [0.15, 0.2) is 5.82 Å². The first kappa shape index (κ1) is 15.6. The van der Waals surface area contributed by atoms with Gasteiger partial charge in [0, 0.05) is 18.2 Å². The summed E-state index contributed by atoms with van der Waals surface area (Å²) in [4.78, 5) is 12.1. The van der Waals surface area contributed by atoms with Crippen LogP contribution in [0.5, 0.6) is 0 Å². The number of nitrogens with one attached hydrogen (secondary N) is 1. The number of rotatable bonds is 5. The molecule has 0 radical (unpaired) electrons. The van der Waals surface area contributed by atoms with E-state index < -0.39 is 0 Å². The highest BCUT2D eigenvalue weighted by molar-refractivity contribution is 5.93. The van der Waals surface area contributed by atoms with E-state index in [1.54, 1.807) is 0 Å². The number of hydrogen-bond donors (Lipinski definition) is 1. The van der Waals surface area contributed by atoms with Gasteiger partial charge >= 0.3 is 0 Å².